The van der Waals surface area contributed by atoms with Gasteiger partial charge in [-0.15, -0.1) is 0 Å². The SMILES string of the molecule is COC(=O)C1CC[NH+]([C@@H](C)C(=O)N2CCc3ccccc32)CC1. The number of hydrogen-bond donors (Lipinski definition) is 1. The molecule has 1 saturated heterocycles. The first kappa shape index (κ1) is 16.0. The summed E-state index contributed by atoms with van der Waals surface area (Å²) in [5, 5.41) is 0. The Kier molecular flexibility index (Phi) is 4.66. The fourth-order valence-corrected chi connectivity index (χ4v) is 3.80. The van der Waals surface area contributed by atoms with Gasteiger partial charge in [0.05, 0.1) is 26.1 Å². The van der Waals surface area contributed by atoms with Crippen LogP contribution in [-0.4, -0.2) is 44.7 Å². The van der Waals surface area contributed by atoms with E-state index >= 15 is 0 Å². The number of piperidine rings is 1. The summed E-state index contributed by atoms with van der Waals surface area (Å²) < 4.78 is 4.83. The number of fused-ring (bicyclic) bond motifs is 1. The Labute approximate surface area is 137 Å². The summed E-state index contributed by atoms with van der Waals surface area (Å²) >= 11 is 0. The minimum absolute atomic E-state index is 0.00133. The van der Waals surface area contributed by atoms with Crippen molar-refractivity contribution < 1.29 is 19.2 Å². The van der Waals surface area contributed by atoms with Gasteiger partial charge in [-0.05, 0) is 25.0 Å². The molecule has 1 N–H and O–H groups in total. The monoisotopic (exact) mass is 317 g/mol. The van der Waals surface area contributed by atoms with Gasteiger partial charge in [0.15, 0.2) is 6.04 Å². The predicted octanol–water partition coefficient (Wildman–Crippen LogP) is 0.432. The van der Waals surface area contributed by atoms with Gasteiger partial charge in [0.1, 0.15) is 0 Å². The number of nitrogens with zero attached hydrogens (tertiary/aromatic N) is 1. The second-order valence-electron chi connectivity index (χ2n) is 6.55. The van der Waals surface area contributed by atoms with Crippen LogP contribution in [0.3, 0.4) is 0 Å². The van der Waals surface area contributed by atoms with E-state index < -0.39 is 0 Å². The number of rotatable bonds is 3. The fraction of sp³-hybridized carbons (Fsp3) is 0.556. The molecule has 5 heteroatoms. The van der Waals surface area contributed by atoms with Crippen LogP contribution in [0.25, 0.3) is 0 Å². The van der Waals surface area contributed by atoms with Crippen molar-refractivity contribution >= 4 is 17.6 Å². The largest absolute Gasteiger partial charge is 0.469 e. The molecule has 0 radical (unpaired) electrons. The molecule has 2 aliphatic rings. The number of ether oxygens (including phenoxy) is 1. The van der Waals surface area contributed by atoms with E-state index in [4.69, 9.17) is 4.74 Å². The molecule has 1 aromatic rings. The highest BCUT2D eigenvalue weighted by Gasteiger charge is 2.36. The average molecular weight is 317 g/mol. The molecule has 124 valence electrons. The number of para-hydroxylation sites is 1. The zero-order valence-electron chi connectivity index (χ0n) is 13.9. The van der Waals surface area contributed by atoms with Crippen molar-refractivity contribution in [2.24, 2.45) is 5.92 Å². The van der Waals surface area contributed by atoms with Crippen molar-refractivity contribution in [2.45, 2.75) is 32.2 Å². The Hall–Kier alpha value is -1.88. The van der Waals surface area contributed by atoms with E-state index in [1.807, 2.05) is 30.0 Å². The molecule has 0 saturated carbocycles. The van der Waals surface area contributed by atoms with E-state index in [2.05, 4.69) is 6.07 Å². The van der Waals surface area contributed by atoms with Crippen molar-refractivity contribution in [3.63, 3.8) is 0 Å². The number of anilines is 1. The van der Waals surface area contributed by atoms with Crippen molar-refractivity contribution in [3.05, 3.63) is 29.8 Å². The maximum Gasteiger partial charge on any atom is 0.309 e. The molecule has 1 amide bonds. The van der Waals surface area contributed by atoms with Gasteiger partial charge in [0.25, 0.3) is 5.91 Å². The molecule has 1 fully saturated rings. The zero-order valence-corrected chi connectivity index (χ0v) is 13.9. The van der Waals surface area contributed by atoms with Crippen LogP contribution < -0.4 is 9.80 Å². The molecular weight excluding hydrogens is 292 g/mol. The quantitative estimate of drug-likeness (QED) is 0.823. The van der Waals surface area contributed by atoms with E-state index in [-0.39, 0.29) is 23.8 Å². The first-order valence-corrected chi connectivity index (χ1v) is 8.43. The molecule has 1 aromatic carbocycles. The first-order valence-electron chi connectivity index (χ1n) is 8.43. The predicted molar refractivity (Wildman–Crippen MR) is 87.4 cm³/mol. The van der Waals surface area contributed by atoms with E-state index in [0.717, 1.165) is 44.6 Å². The standard InChI is InChI=1S/C18H24N2O3/c1-13(19-10-7-15(8-11-19)18(22)23-2)17(21)20-12-9-14-5-3-4-6-16(14)20/h3-6,13,15H,7-12H2,1-2H3/p+1/t13-/m0/s1. The summed E-state index contributed by atoms with van der Waals surface area (Å²) in [6.45, 7) is 4.49. The highest BCUT2D eigenvalue weighted by Crippen LogP contribution is 2.27. The number of carbonyl (C=O) groups is 2. The van der Waals surface area contributed by atoms with Crippen LogP contribution in [0.4, 0.5) is 5.69 Å². The van der Waals surface area contributed by atoms with Gasteiger partial charge in [-0.25, -0.2) is 0 Å². The van der Waals surface area contributed by atoms with Gasteiger partial charge in [-0.1, -0.05) is 18.2 Å². The van der Waals surface area contributed by atoms with E-state index in [1.165, 1.54) is 17.6 Å². The second-order valence-corrected chi connectivity index (χ2v) is 6.55. The van der Waals surface area contributed by atoms with Crippen LogP contribution in [0, 0.1) is 5.92 Å². The van der Waals surface area contributed by atoms with Crippen LogP contribution >= 0.6 is 0 Å². The molecule has 0 spiro atoms. The topological polar surface area (TPSA) is 51.1 Å². The minimum Gasteiger partial charge on any atom is -0.469 e. The lowest BCUT2D eigenvalue weighted by Gasteiger charge is -2.33. The molecule has 0 unspecified atom stereocenters. The number of likely N-dealkylation sites (tertiary alicyclic amines) is 1. The molecule has 1 atom stereocenters. The smallest absolute Gasteiger partial charge is 0.309 e. The van der Waals surface area contributed by atoms with Gasteiger partial charge < -0.3 is 14.5 Å². The third-order valence-corrected chi connectivity index (χ3v) is 5.30. The molecule has 2 heterocycles. The summed E-state index contributed by atoms with van der Waals surface area (Å²) in [4.78, 5) is 27.7. The number of hydrogen-bond acceptors (Lipinski definition) is 3. The normalized spacial score (nSPS) is 24.9. The Balaban J connectivity index is 1.62. The molecular formula is C18H25N2O3+. The number of carbonyl (C=O) groups excluding carboxylic acids is 2. The number of quaternary nitrogens is 1. The molecule has 23 heavy (non-hydrogen) atoms. The summed E-state index contributed by atoms with van der Waals surface area (Å²) in [6, 6.07) is 8.08. The second kappa shape index (κ2) is 6.71. The average Bonchev–Trinajstić information content (AvgIpc) is 3.04. The highest BCUT2D eigenvalue weighted by atomic mass is 16.5. The van der Waals surface area contributed by atoms with Crippen LogP contribution in [0.1, 0.15) is 25.3 Å². The summed E-state index contributed by atoms with van der Waals surface area (Å²) in [5.74, 6) is 0.0801. The molecule has 0 aliphatic carbocycles. The van der Waals surface area contributed by atoms with E-state index in [9.17, 15) is 9.59 Å². The molecule has 2 aliphatic heterocycles. The minimum atomic E-state index is -0.114. The van der Waals surface area contributed by atoms with Gasteiger partial charge in [0, 0.05) is 25.1 Å². The van der Waals surface area contributed by atoms with Gasteiger partial charge in [-0.2, -0.15) is 0 Å². The molecule has 5 nitrogen and oxygen atoms in total. The maximum atomic E-state index is 12.9. The van der Waals surface area contributed by atoms with Gasteiger partial charge >= 0.3 is 5.97 Å². The van der Waals surface area contributed by atoms with Crippen molar-refractivity contribution in [1.82, 2.24) is 0 Å². The van der Waals surface area contributed by atoms with E-state index in [0.29, 0.717) is 0 Å². The summed E-state index contributed by atoms with van der Waals surface area (Å²) in [6.07, 6.45) is 2.54. The van der Waals surface area contributed by atoms with Crippen LogP contribution in [0.5, 0.6) is 0 Å². The molecule has 0 aromatic heterocycles. The molecule has 3 rings (SSSR count). The van der Waals surface area contributed by atoms with Crippen molar-refractivity contribution in [2.75, 3.05) is 31.6 Å². The number of nitrogens with one attached hydrogen (secondary N) is 1. The van der Waals surface area contributed by atoms with Gasteiger partial charge in [-0.3, -0.25) is 9.59 Å². The Morgan fingerprint density at radius 1 is 1.26 bits per heavy atom. The van der Waals surface area contributed by atoms with Crippen LogP contribution in [0.2, 0.25) is 0 Å². The summed E-state index contributed by atoms with van der Waals surface area (Å²) in [5.41, 5.74) is 2.32. The van der Waals surface area contributed by atoms with Gasteiger partial charge in [0.2, 0.25) is 0 Å². The Morgan fingerprint density at radius 3 is 2.65 bits per heavy atom. The van der Waals surface area contributed by atoms with Crippen LogP contribution in [-0.2, 0) is 20.7 Å². The third-order valence-electron chi connectivity index (χ3n) is 5.30. The molecule has 0 bridgehead atoms. The maximum absolute atomic E-state index is 12.9. The number of benzene rings is 1. The lowest BCUT2D eigenvalue weighted by atomic mass is 9.96. The number of esters is 1. The zero-order chi connectivity index (χ0) is 16.4. The van der Waals surface area contributed by atoms with E-state index in [1.54, 1.807) is 0 Å². The Morgan fingerprint density at radius 2 is 1.96 bits per heavy atom. The lowest BCUT2D eigenvalue weighted by Crippen LogP contribution is -3.17. The number of methoxy groups -OCH3 is 1. The number of amides is 1. The Bertz CT molecular complexity index is 594. The summed E-state index contributed by atoms with van der Waals surface area (Å²) in [7, 11) is 1.44. The first-order chi connectivity index (χ1) is 11.1. The fourth-order valence-electron chi connectivity index (χ4n) is 3.80. The van der Waals surface area contributed by atoms with Crippen molar-refractivity contribution in [3.8, 4) is 0 Å². The van der Waals surface area contributed by atoms with Crippen LogP contribution in [0.15, 0.2) is 24.3 Å². The lowest BCUT2D eigenvalue weighted by molar-refractivity contribution is -0.919. The van der Waals surface area contributed by atoms with Crippen molar-refractivity contribution in [1.29, 1.82) is 0 Å². The third kappa shape index (κ3) is 3.11. The highest BCUT2D eigenvalue weighted by molar-refractivity contribution is 5.97.